The molecule has 2 nitrogen and oxygen atoms in total. The van der Waals surface area contributed by atoms with E-state index < -0.39 is 0 Å². The van der Waals surface area contributed by atoms with Crippen molar-refractivity contribution in [3.63, 3.8) is 0 Å². The molecule has 1 heterocycles. The minimum atomic E-state index is 0.0958. The Bertz CT molecular complexity index is 360. The summed E-state index contributed by atoms with van der Waals surface area (Å²) in [6.07, 6.45) is 1.03. The summed E-state index contributed by atoms with van der Waals surface area (Å²) in [7, 11) is 1.87. The van der Waals surface area contributed by atoms with Crippen LogP contribution in [0.25, 0.3) is 0 Å². The molecule has 0 saturated carbocycles. The van der Waals surface area contributed by atoms with Gasteiger partial charge in [-0.1, -0.05) is 13.8 Å². The topological polar surface area (TPSA) is 20.3 Å². The maximum absolute atomic E-state index is 12.1. The quantitative estimate of drug-likeness (QED) is 0.818. The monoisotopic (exact) mass is 257 g/mol. The van der Waals surface area contributed by atoms with Crippen LogP contribution in [0.4, 0.5) is 0 Å². The second-order valence-corrected chi connectivity index (χ2v) is 5.99. The average Bonchev–Trinajstić information content (AvgIpc) is 2.61. The van der Waals surface area contributed by atoms with Gasteiger partial charge >= 0.3 is 0 Å². The number of thiophene rings is 1. The van der Waals surface area contributed by atoms with Crippen LogP contribution in [0.2, 0.25) is 0 Å². The van der Waals surface area contributed by atoms with Gasteiger partial charge in [0.2, 0.25) is 0 Å². The summed E-state index contributed by atoms with van der Waals surface area (Å²) >= 11 is 5.67. The molecule has 0 N–H and O–H groups in total. The maximum atomic E-state index is 12.1. The third-order valence-corrected chi connectivity index (χ3v) is 3.94. The van der Waals surface area contributed by atoms with Crippen molar-refractivity contribution < 1.29 is 4.79 Å². The number of carbonyl (C=O) groups excluding carboxylic acids is 1. The van der Waals surface area contributed by atoms with Crippen LogP contribution in [0.5, 0.6) is 0 Å². The van der Waals surface area contributed by atoms with Gasteiger partial charge in [0, 0.05) is 23.4 Å². The highest BCUT2D eigenvalue weighted by Gasteiger charge is 2.19. The summed E-state index contributed by atoms with van der Waals surface area (Å²) in [5.41, 5.74) is 0. The van der Waals surface area contributed by atoms with Gasteiger partial charge in [-0.15, -0.1) is 24.0 Å². The van der Waals surface area contributed by atoms with E-state index in [0.29, 0.717) is 5.92 Å². The van der Waals surface area contributed by atoms with Crippen LogP contribution in [0.15, 0.2) is 16.3 Å². The van der Waals surface area contributed by atoms with Gasteiger partial charge in [-0.05, 0) is 25.3 Å². The summed E-state index contributed by atoms with van der Waals surface area (Å²) in [5.74, 6) is 0.701. The molecule has 1 atom stereocenters. The lowest BCUT2D eigenvalue weighted by Crippen LogP contribution is -2.35. The van der Waals surface area contributed by atoms with Crippen molar-refractivity contribution >= 4 is 29.9 Å². The second-order valence-electron chi connectivity index (χ2n) is 4.56. The third kappa shape index (κ3) is 3.52. The van der Waals surface area contributed by atoms with Gasteiger partial charge in [0.05, 0.1) is 4.88 Å². The molecule has 0 aliphatic rings. The van der Waals surface area contributed by atoms with Gasteiger partial charge in [0.25, 0.3) is 5.91 Å². The van der Waals surface area contributed by atoms with Crippen LogP contribution in [0.1, 0.15) is 36.9 Å². The van der Waals surface area contributed by atoms with Gasteiger partial charge in [-0.25, -0.2) is 0 Å². The van der Waals surface area contributed by atoms with Gasteiger partial charge < -0.3 is 4.90 Å². The first kappa shape index (κ1) is 13.6. The highest BCUT2D eigenvalue weighted by Crippen LogP contribution is 2.20. The molecule has 0 radical (unpaired) electrons. The number of amides is 1. The molecule has 1 aromatic rings. The van der Waals surface area contributed by atoms with Crippen molar-refractivity contribution in [1.29, 1.82) is 0 Å². The van der Waals surface area contributed by atoms with Gasteiger partial charge in [0.1, 0.15) is 0 Å². The van der Waals surface area contributed by atoms with E-state index in [9.17, 15) is 4.79 Å². The molecule has 1 unspecified atom stereocenters. The molecular weight excluding hydrogens is 238 g/mol. The minimum absolute atomic E-state index is 0.0958. The number of nitrogens with zero attached hydrogens (tertiary/aromatic N) is 1. The molecule has 16 heavy (non-hydrogen) atoms. The SMILES string of the molecule is CC(C)CC(C)N(C)C(=O)c1cc(S)cs1. The van der Waals surface area contributed by atoms with Crippen molar-refractivity contribution in [1.82, 2.24) is 4.90 Å². The molecule has 0 aromatic carbocycles. The van der Waals surface area contributed by atoms with E-state index >= 15 is 0 Å². The van der Waals surface area contributed by atoms with E-state index in [1.165, 1.54) is 11.3 Å². The Kier molecular flexibility index (Phi) is 4.87. The standard InChI is InChI=1S/C12H19NOS2/c1-8(2)5-9(3)13(4)12(14)11-6-10(15)7-16-11/h6-9,15H,5H2,1-4H3. The first-order valence-electron chi connectivity index (χ1n) is 5.46. The van der Waals surface area contributed by atoms with E-state index in [4.69, 9.17) is 0 Å². The van der Waals surface area contributed by atoms with Crippen molar-refractivity contribution in [3.05, 3.63) is 16.3 Å². The number of hydrogen-bond acceptors (Lipinski definition) is 3. The fourth-order valence-electron chi connectivity index (χ4n) is 1.65. The zero-order valence-corrected chi connectivity index (χ0v) is 11.9. The van der Waals surface area contributed by atoms with Crippen LogP contribution in [0.3, 0.4) is 0 Å². The van der Waals surface area contributed by atoms with E-state index in [-0.39, 0.29) is 11.9 Å². The van der Waals surface area contributed by atoms with Crippen LogP contribution in [-0.2, 0) is 0 Å². The zero-order valence-electron chi connectivity index (χ0n) is 10.2. The molecule has 0 saturated heterocycles. The summed E-state index contributed by atoms with van der Waals surface area (Å²) in [4.78, 5) is 15.5. The molecule has 4 heteroatoms. The normalized spacial score (nSPS) is 12.9. The number of rotatable bonds is 4. The molecule has 0 aliphatic carbocycles. The molecule has 1 amide bonds. The molecule has 1 aromatic heterocycles. The smallest absolute Gasteiger partial charge is 0.263 e. The van der Waals surface area contributed by atoms with Gasteiger partial charge in [0.15, 0.2) is 0 Å². The van der Waals surface area contributed by atoms with E-state index in [0.717, 1.165) is 16.2 Å². The highest BCUT2D eigenvalue weighted by molar-refractivity contribution is 7.80. The second kappa shape index (κ2) is 5.73. The highest BCUT2D eigenvalue weighted by atomic mass is 32.1. The zero-order chi connectivity index (χ0) is 12.3. The van der Waals surface area contributed by atoms with E-state index in [2.05, 4.69) is 33.4 Å². The molecule has 1 rings (SSSR count). The number of carbonyl (C=O) groups is 1. The Morgan fingerprint density at radius 2 is 2.12 bits per heavy atom. The Hall–Kier alpha value is -0.480. The molecular formula is C12H19NOS2. The fraction of sp³-hybridized carbons (Fsp3) is 0.583. The summed E-state index contributed by atoms with van der Waals surface area (Å²) < 4.78 is 0. The number of hydrogen-bond donors (Lipinski definition) is 1. The average molecular weight is 257 g/mol. The Morgan fingerprint density at radius 1 is 1.50 bits per heavy atom. The van der Waals surface area contributed by atoms with Crippen LogP contribution in [-0.4, -0.2) is 23.9 Å². The van der Waals surface area contributed by atoms with Gasteiger partial charge in [-0.3, -0.25) is 4.79 Å². The Balaban J connectivity index is 2.67. The lowest BCUT2D eigenvalue weighted by atomic mass is 10.0. The Labute approximate surface area is 107 Å². The van der Waals surface area contributed by atoms with E-state index in [1.807, 2.05) is 23.4 Å². The molecule has 0 bridgehead atoms. The maximum Gasteiger partial charge on any atom is 0.263 e. The lowest BCUT2D eigenvalue weighted by Gasteiger charge is -2.25. The van der Waals surface area contributed by atoms with Crippen molar-refractivity contribution in [2.75, 3.05) is 7.05 Å². The third-order valence-electron chi connectivity index (χ3n) is 2.59. The molecule has 0 fully saturated rings. The molecule has 90 valence electrons. The number of thiol groups is 1. The summed E-state index contributed by atoms with van der Waals surface area (Å²) in [6, 6.07) is 2.10. The fourth-order valence-corrected chi connectivity index (χ4v) is 2.78. The van der Waals surface area contributed by atoms with Crippen LogP contribution in [0, 0.1) is 5.92 Å². The van der Waals surface area contributed by atoms with Crippen molar-refractivity contribution in [3.8, 4) is 0 Å². The summed E-state index contributed by atoms with van der Waals surface area (Å²) in [6.45, 7) is 6.44. The van der Waals surface area contributed by atoms with E-state index in [1.54, 1.807) is 0 Å². The molecule has 0 aliphatic heterocycles. The first-order chi connectivity index (χ1) is 7.41. The summed E-state index contributed by atoms with van der Waals surface area (Å²) in [5, 5.41) is 1.89. The largest absolute Gasteiger partial charge is 0.338 e. The predicted octanol–water partition coefficient (Wildman–Crippen LogP) is 3.54. The lowest BCUT2D eigenvalue weighted by molar-refractivity contribution is 0.0733. The van der Waals surface area contributed by atoms with Gasteiger partial charge in [-0.2, -0.15) is 0 Å². The first-order valence-corrected chi connectivity index (χ1v) is 6.79. The van der Waals surface area contributed by atoms with Crippen molar-refractivity contribution in [2.45, 2.75) is 38.1 Å². The minimum Gasteiger partial charge on any atom is -0.338 e. The van der Waals surface area contributed by atoms with Crippen LogP contribution >= 0.6 is 24.0 Å². The van der Waals surface area contributed by atoms with Crippen LogP contribution < -0.4 is 0 Å². The molecule has 0 spiro atoms. The van der Waals surface area contributed by atoms with Crippen molar-refractivity contribution in [2.24, 2.45) is 5.92 Å². The Morgan fingerprint density at radius 3 is 2.56 bits per heavy atom. The predicted molar refractivity (Wildman–Crippen MR) is 72.6 cm³/mol.